The lowest BCUT2D eigenvalue weighted by atomic mass is 9.82. The lowest BCUT2D eigenvalue weighted by Crippen LogP contribution is -2.67. The molecule has 0 saturated carbocycles. The maximum atomic E-state index is 13.5. The summed E-state index contributed by atoms with van der Waals surface area (Å²) < 4.78 is 56.6. The molecule has 3 heterocycles. The van der Waals surface area contributed by atoms with Crippen molar-refractivity contribution in [2.45, 2.75) is 6.18 Å². The number of hydrogen-bond donors (Lipinski definition) is 1. The summed E-state index contributed by atoms with van der Waals surface area (Å²) in [4.78, 5) is 12.6. The van der Waals surface area contributed by atoms with E-state index in [1.807, 2.05) is 0 Å². The molecule has 1 amide bonds. The van der Waals surface area contributed by atoms with Crippen molar-refractivity contribution in [3.8, 4) is 0 Å². The van der Waals surface area contributed by atoms with Gasteiger partial charge >= 0.3 is 12.3 Å². The number of cyclic esters (lactones) is 1. The number of alkyl halides is 3. The Labute approximate surface area is 143 Å². The molecule has 0 bridgehead atoms. The zero-order valence-electron chi connectivity index (χ0n) is 12.9. The summed E-state index contributed by atoms with van der Waals surface area (Å²) in [5.41, 5.74) is 1.84. The number of halogens is 3. The summed E-state index contributed by atoms with van der Waals surface area (Å²) in [5, 5.41) is 3.74. The third kappa shape index (κ3) is 2.88. The number of benzene rings is 1. The van der Waals surface area contributed by atoms with Gasteiger partial charge in [-0.05, 0) is 12.1 Å². The molecular weight excluding hydrogens is 359 g/mol. The van der Waals surface area contributed by atoms with Gasteiger partial charge in [0.2, 0.25) is 0 Å². The highest BCUT2D eigenvalue weighted by molar-refractivity contribution is 7.86. The highest BCUT2D eigenvalue weighted by Gasteiger charge is 2.53. The first kappa shape index (κ1) is 16.4. The predicted molar refractivity (Wildman–Crippen MR) is 85.0 cm³/mol. The molecule has 0 aliphatic carbocycles. The van der Waals surface area contributed by atoms with Crippen LogP contribution in [-0.2, 0) is 21.7 Å². The van der Waals surface area contributed by atoms with E-state index in [1.54, 1.807) is 4.90 Å². The molecule has 0 radical (unpaired) electrons. The largest absolute Gasteiger partial charge is 0.442 e. The van der Waals surface area contributed by atoms with Crippen molar-refractivity contribution in [1.29, 1.82) is 0 Å². The Morgan fingerprint density at radius 1 is 1.28 bits per heavy atom. The topological polar surface area (TPSA) is 71.0 Å². The Morgan fingerprint density at radius 2 is 2.00 bits per heavy atom. The minimum absolute atomic E-state index is 0.0853. The van der Waals surface area contributed by atoms with Crippen LogP contribution in [-0.4, -0.2) is 47.2 Å². The van der Waals surface area contributed by atoms with Crippen molar-refractivity contribution in [2.24, 2.45) is 10.5 Å². The maximum absolute atomic E-state index is 13.5. The molecular formula is C15H14F3N3O3S. The van der Waals surface area contributed by atoms with Crippen LogP contribution in [0.3, 0.4) is 0 Å². The first-order chi connectivity index (χ1) is 11.8. The standard InChI is InChI=1S/C15H14F3N3O3S/c16-15(17,18)10-3-9(11-4-24-13(22)20-19-11)1-2-12(10)21-5-14(6-21)7-25(23)8-14/h1-3H,4-8H2,(H,20,22). The third-order valence-electron chi connectivity index (χ3n) is 4.58. The fourth-order valence-electron chi connectivity index (χ4n) is 3.43. The molecule has 1 aromatic rings. The van der Waals surface area contributed by atoms with Crippen molar-refractivity contribution in [3.05, 3.63) is 29.3 Å². The lowest BCUT2D eigenvalue weighted by molar-refractivity contribution is -0.137. The summed E-state index contributed by atoms with van der Waals surface area (Å²) in [6.45, 7) is 0.795. The van der Waals surface area contributed by atoms with Crippen LogP contribution in [0.5, 0.6) is 0 Å². The van der Waals surface area contributed by atoms with E-state index in [2.05, 4.69) is 10.5 Å². The summed E-state index contributed by atoms with van der Waals surface area (Å²) in [7, 11) is -0.827. The predicted octanol–water partition coefficient (Wildman–Crippen LogP) is 1.72. The van der Waals surface area contributed by atoms with Gasteiger partial charge in [-0.3, -0.25) is 4.21 Å². The van der Waals surface area contributed by atoms with Crippen LogP contribution in [0.1, 0.15) is 11.1 Å². The van der Waals surface area contributed by atoms with Gasteiger partial charge in [-0.1, -0.05) is 6.07 Å². The van der Waals surface area contributed by atoms with E-state index >= 15 is 0 Å². The Kier molecular flexibility index (Phi) is 3.57. The number of nitrogens with zero attached hydrogens (tertiary/aromatic N) is 2. The van der Waals surface area contributed by atoms with E-state index < -0.39 is 28.6 Å². The van der Waals surface area contributed by atoms with Gasteiger partial charge in [-0.25, -0.2) is 10.2 Å². The minimum atomic E-state index is -4.52. The monoisotopic (exact) mass is 373 g/mol. The van der Waals surface area contributed by atoms with E-state index in [4.69, 9.17) is 4.74 Å². The lowest BCUT2D eigenvalue weighted by Gasteiger charge is -2.56. The molecule has 134 valence electrons. The van der Waals surface area contributed by atoms with Crippen molar-refractivity contribution in [2.75, 3.05) is 36.1 Å². The zero-order chi connectivity index (χ0) is 17.8. The quantitative estimate of drug-likeness (QED) is 0.857. The summed E-state index contributed by atoms with van der Waals surface area (Å²) in [6, 6.07) is 3.98. The Bertz CT molecular complexity index is 793. The molecule has 0 unspecified atom stereocenters. The van der Waals surface area contributed by atoms with Crippen molar-refractivity contribution >= 4 is 28.3 Å². The Hall–Kier alpha value is -2.10. The molecule has 2 fully saturated rings. The normalized spacial score (nSPS) is 22.6. The van der Waals surface area contributed by atoms with Gasteiger partial charge in [0.1, 0.15) is 12.3 Å². The summed E-state index contributed by atoms with van der Waals surface area (Å²) in [5.74, 6) is 1.13. The van der Waals surface area contributed by atoms with Gasteiger partial charge < -0.3 is 9.64 Å². The van der Waals surface area contributed by atoms with Gasteiger partial charge in [0, 0.05) is 52.1 Å². The Balaban J connectivity index is 1.62. The zero-order valence-corrected chi connectivity index (χ0v) is 13.7. The number of nitrogens with one attached hydrogen (secondary N) is 1. The van der Waals surface area contributed by atoms with E-state index in [1.165, 1.54) is 12.1 Å². The summed E-state index contributed by atoms with van der Waals surface area (Å²) in [6.07, 6.45) is -5.25. The van der Waals surface area contributed by atoms with Gasteiger partial charge in [0.05, 0.1) is 5.56 Å². The molecule has 1 aromatic carbocycles. The first-order valence-corrected chi connectivity index (χ1v) is 9.05. The van der Waals surface area contributed by atoms with Crippen LogP contribution in [0.15, 0.2) is 23.3 Å². The van der Waals surface area contributed by atoms with Crippen LogP contribution >= 0.6 is 0 Å². The average Bonchev–Trinajstić information content (AvgIpc) is 2.49. The van der Waals surface area contributed by atoms with E-state index in [-0.39, 0.29) is 29.0 Å². The smallest absolute Gasteiger partial charge is 0.428 e. The van der Waals surface area contributed by atoms with E-state index in [0.717, 1.165) is 6.07 Å². The molecule has 0 aromatic heterocycles. The molecule has 0 atom stereocenters. The number of hydrogen-bond acceptors (Lipinski definition) is 5. The molecule has 10 heteroatoms. The second kappa shape index (κ2) is 5.45. The number of hydrazone groups is 1. The van der Waals surface area contributed by atoms with E-state index in [0.29, 0.717) is 24.6 Å². The molecule has 2 saturated heterocycles. The third-order valence-corrected chi connectivity index (χ3v) is 6.45. The number of rotatable bonds is 2. The SMILES string of the molecule is O=C1NN=C(c2ccc(N3CC4(C3)CS(=O)C4)c(C(F)(F)F)c2)CO1. The fourth-order valence-corrected chi connectivity index (χ4v) is 5.08. The van der Waals surface area contributed by atoms with Gasteiger partial charge in [-0.2, -0.15) is 18.3 Å². The second-order valence-corrected chi connectivity index (χ2v) is 8.02. The van der Waals surface area contributed by atoms with Crippen molar-refractivity contribution in [1.82, 2.24) is 5.43 Å². The molecule has 1 spiro atoms. The van der Waals surface area contributed by atoms with Crippen molar-refractivity contribution < 1.29 is 26.9 Å². The number of carbonyl (C=O) groups excluding carboxylic acids is 1. The van der Waals surface area contributed by atoms with Crippen LogP contribution in [0.4, 0.5) is 23.7 Å². The molecule has 4 rings (SSSR count). The highest BCUT2D eigenvalue weighted by atomic mass is 32.2. The van der Waals surface area contributed by atoms with Gasteiger partial charge in [0.25, 0.3) is 0 Å². The highest BCUT2D eigenvalue weighted by Crippen LogP contribution is 2.45. The number of anilines is 1. The second-order valence-electron chi connectivity index (χ2n) is 6.56. The number of ether oxygens (including phenoxy) is 1. The Morgan fingerprint density at radius 3 is 2.56 bits per heavy atom. The van der Waals surface area contributed by atoms with Crippen LogP contribution < -0.4 is 10.3 Å². The summed E-state index contributed by atoms with van der Waals surface area (Å²) >= 11 is 0. The molecule has 6 nitrogen and oxygen atoms in total. The average molecular weight is 373 g/mol. The number of amides is 1. The van der Waals surface area contributed by atoms with Crippen LogP contribution in [0.2, 0.25) is 0 Å². The van der Waals surface area contributed by atoms with Gasteiger partial charge in [0.15, 0.2) is 0 Å². The van der Waals surface area contributed by atoms with Crippen molar-refractivity contribution in [3.63, 3.8) is 0 Å². The fraction of sp³-hybridized carbons (Fsp3) is 0.467. The van der Waals surface area contributed by atoms with Gasteiger partial charge in [-0.15, -0.1) is 0 Å². The van der Waals surface area contributed by atoms with E-state index in [9.17, 15) is 22.2 Å². The maximum Gasteiger partial charge on any atom is 0.428 e. The molecule has 3 aliphatic heterocycles. The molecule has 3 aliphatic rings. The van der Waals surface area contributed by atoms with Crippen LogP contribution in [0, 0.1) is 5.41 Å². The molecule has 25 heavy (non-hydrogen) atoms. The number of carbonyl (C=O) groups is 1. The minimum Gasteiger partial charge on any atom is -0.442 e. The molecule has 1 N–H and O–H groups in total. The first-order valence-electron chi connectivity index (χ1n) is 7.57. The van der Waals surface area contributed by atoms with Crippen LogP contribution in [0.25, 0.3) is 0 Å².